The molecule has 0 fully saturated rings. The van der Waals surface area contributed by atoms with Crippen LogP contribution >= 0.6 is 11.6 Å². The SMILES string of the molecule is N=S1(=O)c2ccc(Oc3cc(F)cc(Cl)c3)c3c2C(O)(CC3F)C1(F)F. The molecule has 138 valence electrons. The molecule has 1 heterocycles. The van der Waals surface area contributed by atoms with E-state index in [-0.39, 0.29) is 16.5 Å². The second-order valence-corrected chi connectivity index (χ2v) is 8.66. The van der Waals surface area contributed by atoms with Gasteiger partial charge in [0.15, 0.2) is 5.60 Å². The standard InChI is InChI=1S/C16H10ClF4NO3S/c17-7-3-8(18)5-9(4-7)25-11-1-2-12-14-13(11)10(19)6-15(14,23)16(20,21)26(12,22)24/h1-5,10,22-23H,6H2. The summed E-state index contributed by atoms with van der Waals surface area (Å²) in [6, 6.07) is 5.22. The predicted octanol–water partition coefficient (Wildman–Crippen LogP) is 4.89. The van der Waals surface area contributed by atoms with Gasteiger partial charge in [0.2, 0.25) is 0 Å². The van der Waals surface area contributed by atoms with Gasteiger partial charge in [0.1, 0.15) is 33.2 Å². The third kappa shape index (κ3) is 2.02. The van der Waals surface area contributed by atoms with Gasteiger partial charge in [-0.15, -0.1) is 0 Å². The molecule has 10 heteroatoms. The van der Waals surface area contributed by atoms with Gasteiger partial charge in [-0.25, -0.2) is 17.8 Å². The zero-order valence-corrected chi connectivity index (χ0v) is 14.3. The van der Waals surface area contributed by atoms with Gasteiger partial charge in [-0.1, -0.05) is 11.6 Å². The molecule has 1 aliphatic heterocycles. The molecule has 0 saturated carbocycles. The van der Waals surface area contributed by atoms with Crippen molar-refractivity contribution in [2.24, 2.45) is 0 Å². The molecule has 1 aliphatic carbocycles. The quantitative estimate of drug-likeness (QED) is 0.697. The molecule has 3 atom stereocenters. The number of rotatable bonds is 2. The molecular formula is C16H10ClF4NO3S. The van der Waals surface area contributed by atoms with Crippen molar-refractivity contribution in [2.45, 2.75) is 28.3 Å². The molecule has 3 unspecified atom stereocenters. The summed E-state index contributed by atoms with van der Waals surface area (Å²) >= 11 is 5.72. The number of ether oxygens (including phenoxy) is 1. The van der Waals surface area contributed by atoms with E-state index in [2.05, 4.69) is 0 Å². The minimum Gasteiger partial charge on any atom is -0.457 e. The van der Waals surface area contributed by atoms with Gasteiger partial charge in [-0.05, 0) is 24.3 Å². The molecule has 0 radical (unpaired) electrons. The van der Waals surface area contributed by atoms with Crippen LogP contribution in [-0.2, 0) is 15.3 Å². The van der Waals surface area contributed by atoms with E-state index >= 15 is 0 Å². The lowest BCUT2D eigenvalue weighted by molar-refractivity contribution is -0.131. The maximum atomic E-state index is 14.5. The predicted molar refractivity (Wildman–Crippen MR) is 84.4 cm³/mol. The fourth-order valence-corrected chi connectivity index (χ4v) is 5.44. The Morgan fingerprint density at radius 1 is 1.31 bits per heavy atom. The van der Waals surface area contributed by atoms with Gasteiger partial charge in [0.05, 0.1) is 4.90 Å². The molecule has 4 nitrogen and oxygen atoms in total. The Kier molecular flexibility index (Phi) is 3.46. The number of hydrogen-bond acceptors (Lipinski definition) is 4. The second kappa shape index (κ2) is 5.11. The first kappa shape index (κ1) is 17.6. The van der Waals surface area contributed by atoms with Gasteiger partial charge in [0.25, 0.3) is 0 Å². The Balaban J connectivity index is 1.92. The summed E-state index contributed by atoms with van der Waals surface area (Å²) in [6.07, 6.45) is -3.09. The molecule has 2 aromatic carbocycles. The van der Waals surface area contributed by atoms with Gasteiger partial charge in [-0.3, -0.25) is 0 Å². The molecular weight excluding hydrogens is 398 g/mol. The monoisotopic (exact) mass is 407 g/mol. The van der Waals surface area contributed by atoms with Crippen LogP contribution in [0, 0.1) is 10.6 Å². The molecule has 2 aromatic rings. The van der Waals surface area contributed by atoms with Crippen LogP contribution in [-0.4, -0.2) is 14.6 Å². The molecule has 0 saturated heterocycles. The number of halogens is 5. The molecule has 4 rings (SSSR count). The molecule has 2 aliphatic rings. The lowest BCUT2D eigenvalue weighted by atomic mass is 9.96. The minimum atomic E-state index is -4.68. The number of hydrogen-bond donors (Lipinski definition) is 2. The number of alkyl halides is 3. The van der Waals surface area contributed by atoms with Crippen LogP contribution in [0.4, 0.5) is 17.6 Å². The van der Waals surface area contributed by atoms with Crippen LogP contribution < -0.4 is 4.74 Å². The first-order chi connectivity index (χ1) is 12.0. The lowest BCUT2D eigenvalue weighted by Crippen LogP contribution is -2.43. The van der Waals surface area contributed by atoms with Crippen LogP contribution in [0.15, 0.2) is 35.2 Å². The Morgan fingerprint density at radius 3 is 2.65 bits per heavy atom. The Bertz CT molecular complexity index is 1040. The third-order valence-electron chi connectivity index (χ3n) is 4.58. The van der Waals surface area contributed by atoms with Crippen LogP contribution in [0.3, 0.4) is 0 Å². The van der Waals surface area contributed by atoms with E-state index in [0.29, 0.717) is 0 Å². The lowest BCUT2D eigenvalue weighted by Gasteiger charge is -2.26. The van der Waals surface area contributed by atoms with Crippen molar-refractivity contribution < 1.29 is 31.6 Å². The van der Waals surface area contributed by atoms with Gasteiger partial charge in [-0.2, -0.15) is 8.78 Å². The van der Waals surface area contributed by atoms with Gasteiger partial charge >= 0.3 is 5.25 Å². The highest BCUT2D eigenvalue weighted by molar-refractivity contribution is 7.94. The summed E-state index contributed by atoms with van der Waals surface area (Å²) in [6.45, 7) is 0. The average Bonchev–Trinajstić information content (AvgIpc) is 2.84. The summed E-state index contributed by atoms with van der Waals surface area (Å²) in [5.74, 6) is -1.08. The van der Waals surface area contributed by atoms with Crippen LogP contribution in [0.2, 0.25) is 5.02 Å². The molecule has 0 bridgehead atoms. The summed E-state index contributed by atoms with van der Waals surface area (Å²) in [7, 11) is -4.68. The van der Waals surface area contributed by atoms with Crippen LogP contribution in [0.5, 0.6) is 11.5 Å². The summed E-state index contributed by atoms with van der Waals surface area (Å²) < 4.78 is 82.1. The smallest absolute Gasteiger partial charge is 0.364 e. The molecule has 0 aromatic heterocycles. The summed E-state index contributed by atoms with van der Waals surface area (Å²) in [5.41, 5.74) is -4.06. The van der Waals surface area contributed by atoms with Crippen molar-refractivity contribution in [2.75, 3.05) is 0 Å². The number of aliphatic hydroxyl groups is 1. The van der Waals surface area contributed by atoms with E-state index < -0.39 is 55.0 Å². The normalized spacial score (nSPS) is 31.1. The van der Waals surface area contributed by atoms with E-state index in [1.54, 1.807) is 0 Å². The first-order valence-corrected chi connectivity index (χ1v) is 9.26. The number of benzene rings is 2. The fourth-order valence-electron chi connectivity index (χ4n) is 3.46. The largest absolute Gasteiger partial charge is 0.457 e. The van der Waals surface area contributed by atoms with Gasteiger partial charge in [0, 0.05) is 28.6 Å². The van der Waals surface area contributed by atoms with E-state index in [9.17, 15) is 26.9 Å². The third-order valence-corrected chi connectivity index (χ3v) is 6.82. The Hall–Kier alpha value is -1.84. The molecule has 0 amide bonds. The highest BCUT2D eigenvalue weighted by Gasteiger charge is 2.72. The summed E-state index contributed by atoms with van der Waals surface area (Å²) in [5, 5.41) is 6.05. The zero-order valence-electron chi connectivity index (χ0n) is 12.7. The van der Waals surface area contributed by atoms with Crippen molar-refractivity contribution in [1.82, 2.24) is 0 Å². The summed E-state index contributed by atoms with van der Waals surface area (Å²) in [4.78, 5) is -0.621. The average molecular weight is 408 g/mol. The maximum Gasteiger partial charge on any atom is 0.364 e. The van der Waals surface area contributed by atoms with Crippen LogP contribution in [0.25, 0.3) is 0 Å². The minimum absolute atomic E-state index is 0.00611. The van der Waals surface area contributed by atoms with Crippen molar-refractivity contribution in [3.8, 4) is 11.5 Å². The van der Waals surface area contributed by atoms with E-state index in [1.807, 2.05) is 0 Å². The number of nitrogens with one attached hydrogen (secondary N) is 1. The molecule has 2 N–H and O–H groups in total. The Labute approximate surface area is 150 Å². The van der Waals surface area contributed by atoms with Crippen molar-refractivity contribution in [1.29, 1.82) is 4.78 Å². The molecule has 0 spiro atoms. The molecule has 26 heavy (non-hydrogen) atoms. The maximum absolute atomic E-state index is 14.5. The van der Waals surface area contributed by atoms with Crippen molar-refractivity contribution >= 4 is 21.3 Å². The van der Waals surface area contributed by atoms with Crippen molar-refractivity contribution in [3.63, 3.8) is 0 Å². The topological polar surface area (TPSA) is 70.4 Å². The first-order valence-electron chi connectivity index (χ1n) is 7.33. The fraction of sp³-hybridized carbons (Fsp3) is 0.250. The van der Waals surface area contributed by atoms with Crippen molar-refractivity contribution in [3.05, 3.63) is 52.3 Å². The zero-order chi connectivity index (χ0) is 19.1. The van der Waals surface area contributed by atoms with E-state index in [4.69, 9.17) is 21.1 Å². The van der Waals surface area contributed by atoms with E-state index in [0.717, 1.165) is 24.3 Å². The van der Waals surface area contributed by atoms with Crippen LogP contribution in [0.1, 0.15) is 23.7 Å². The highest BCUT2D eigenvalue weighted by atomic mass is 35.5. The highest BCUT2D eigenvalue weighted by Crippen LogP contribution is 2.64. The van der Waals surface area contributed by atoms with E-state index in [1.165, 1.54) is 6.07 Å². The second-order valence-electron chi connectivity index (χ2n) is 6.16. The van der Waals surface area contributed by atoms with Gasteiger partial charge < -0.3 is 9.84 Å². The Morgan fingerprint density at radius 2 is 2.00 bits per heavy atom.